The summed E-state index contributed by atoms with van der Waals surface area (Å²) in [6, 6.07) is 9.54. The van der Waals surface area contributed by atoms with Crippen LogP contribution in [0.3, 0.4) is 0 Å². The maximum Gasteiger partial charge on any atom is 1.00 e. The topological polar surface area (TPSA) is 599 Å². The SMILES string of the molecule is CC(=O)O.CC(=O)O.CCNC(=O)[C@@H]1CCCN1C(=O)[C@H](CCCN=C(N)N)NC(=O)[C@H](CC(C)C)NC(=O)[C@@H](Cc1cn(Cc2ccccc2)cn1)NC(=O)[C@H](Cc1ccc(O)cc1)NC(=O)[C@H](CO)NC(=O)[C@H](Cc1c[nH]c2ccccc12)NC(=O)[C@H](Cc1cnc[nH]1)NC(=O)[C@@H]1CCC(=O)N1.NC(=O)NO.[Cl-].[H+]. The van der Waals surface area contributed by atoms with Gasteiger partial charge in [0.05, 0.1) is 25.0 Å². The number of hydrogen-bond donors (Lipinski definition) is 20. The van der Waals surface area contributed by atoms with Crippen molar-refractivity contribution in [3.8, 4) is 5.75 Å². The second-order valence-electron chi connectivity index (χ2n) is 25.9. The van der Waals surface area contributed by atoms with Crippen molar-refractivity contribution in [3.05, 3.63) is 138 Å². The molecule has 0 spiro atoms. The summed E-state index contributed by atoms with van der Waals surface area (Å²) in [5, 5.41) is 68.6. The molecular formula is C71H99ClN20O18. The van der Waals surface area contributed by atoms with E-state index in [-0.39, 0.29) is 114 Å². The number of phenolic OH excluding ortho intramolecular Hbond substituents is 1. The van der Waals surface area contributed by atoms with Gasteiger partial charge in [0.15, 0.2) is 5.96 Å². The molecule has 0 bridgehead atoms. The lowest BCUT2D eigenvalue weighted by Crippen LogP contribution is -3.00. The largest absolute Gasteiger partial charge is 1.00 e. The number of aromatic nitrogens is 5. The number of para-hydroxylation sites is 1. The molecule has 6 aromatic rings. The highest BCUT2D eigenvalue weighted by molar-refractivity contribution is 5.99. The van der Waals surface area contributed by atoms with E-state index in [4.69, 9.17) is 36.5 Å². The number of rotatable bonds is 34. The zero-order chi connectivity index (χ0) is 80.3. The predicted molar refractivity (Wildman–Crippen MR) is 394 cm³/mol. The molecule has 110 heavy (non-hydrogen) atoms. The number of carboxylic acid groups (broad SMARTS) is 2. The summed E-state index contributed by atoms with van der Waals surface area (Å²) in [5.41, 5.74) is 20.1. The van der Waals surface area contributed by atoms with Crippen molar-refractivity contribution >= 4 is 93.9 Å². The number of H-pyrrole nitrogens is 2. The first-order valence-corrected chi connectivity index (χ1v) is 35.0. The number of hydroxylamine groups is 1. The Morgan fingerprint density at radius 1 is 0.682 bits per heavy atom. The Hall–Kier alpha value is -12.2. The summed E-state index contributed by atoms with van der Waals surface area (Å²) < 4.78 is 1.78. The van der Waals surface area contributed by atoms with E-state index in [0.717, 1.165) is 19.4 Å². The molecule has 12 amide bonds. The van der Waals surface area contributed by atoms with Gasteiger partial charge in [0.25, 0.3) is 11.9 Å². The fourth-order valence-electron chi connectivity index (χ4n) is 11.6. The third-order valence-electron chi connectivity index (χ3n) is 16.6. The van der Waals surface area contributed by atoms with Crippen molar-refractivity contribution in [2.24, 2.45) is 28.1 Å². The number of nitrogens with one attached hydrogen (secondary N) is 12. The number of aliphatic imine (C=N–C) groups is 1. The quantitative estimate of drug-likeness (QED) is 0.00594. The van der Waals surface area contributed by atoms with E-state index in [9.17, 15) is 53.4 Å². The van der Waals surface area contributed by atoms with E-state index in [1.807, 2.05) is 50.2 Å². The van der Waals surface area contributed by atoms with E-state index in [1.54, 1.807) is 48.4 Å². The van der Waals surface area contributed by atoms with Crippen LogP contribution in [-0.4, -0.2) is 219 Å². The summed E-state index contributed by atoms with van der Waals surface area (Å²) in [7, 11) is 0. The Balaban J connectivity index is 0.00000197. The molecule has 0 aliphatic carbocycles. The van der Waals surface area contributed by atoms with E-state index in [0.29, 0.717) is 59.3 Å². The summed E-state index contributed by atoms with van der Waals surface area (Å²) in [5.74, 6) is -9.39. The molecule has 3 aromatic heterocycles. The molecule has 38 nitrogen and oxygen atoms in total. The molecule has 2 fully saturated rings. The number of nitrogens with zero attached hydrogens (tertiary/aromatic N) is 5. The van der Waals surface area contributed by atoms with Gasteiger partial charge in [-0.15, -0.1) is 0 Å². The minimum Gasteiger partial charge on any atom is -1.00 e. The maximum atomic E-state index is 15.1. The standard InChI is InChI=1S/C66H86N18O12.2C2H4O2.CH4N2O2.ClH/c1-4-70-64(95)55-17-11-25-84(55)65(96)48(16-10-24-71-66(67)68)76-58(89)49(26-38(2)3)77-62(93)53(30-43-34-83(37-74-43)33-40-12-6-5-7-13-40)81-59(90)50(27-39-18-20-44(86)21-19-39)78-63(94)54(35-85)82-60(91)51(28-41-31-72-46-15-9-8-14-45(41)46)79-61(92)52(29-42-32-69-36-73-42)80-57(88)47-22-23-56(87)75-47;2*1-2(3)4;2-1(4)3-5;/h5-9,12-15,18-21,31-32,34,36-38,47-55,72,85-86H,4,10-11,16-17,22-30,33,35H2,1-3H3,(H,69,73)(H,70,95)(H,75,87)(H,76,89)(H,77,93)(H,78,94)(H,79,92)(H,80,88)(H,81,90)(H,82,91)(H4,67,68,71);2*1H3,(H,3,4);5H,(H3,2,3,4);1H/t47-,48-,49-,50-,51-,52-,53+,54-,55-;;;;/m0..../s1. The number of guanidine groups is 1. The van der Waals surface area contributed by atoms with Crippen molar-refractivity contribution in [1.29, 1.82) is 0 Å². The lowest BCUT2D eigenvalue weighted by atomic mass is 10.0. The number of likely N-dealkylation sites (tertiary alicyclic amines) is 1. The molecule has 23 N–H and O–H groups in total. The monoisotopic (exact) mass is 1550 g/mol. The van der Waals surface area contributed by atoms with Crippen LogP contribution < -0.4 is 82.9 Å². The Morgan fingerprint density at radius 2 is 1.24 bits per heavy atom. The van der Waals surface area contributed by atoms with E-state index in [1.165, 1.54) is 47.2 Å². The van der Waals surface area contributed by atoms with Crippen molar-refractivity contribution in [2.75, 3.05) is 26.2 Å². The minimum absolute atomic E-state index is 0. The highest BCUT2D eigenvalue weighted by atomic mass is 35.5. The van der Waals surface area contributed by atoms with Crippen LogP contribution in [0.1, 0.15) is 109 Å². The normalized spacial score (nSPS) is 15.2. The van der Waals surface area contributed by atoms with Crippen LogP contribution in [0.25, 0.3) is 10.9 Å². The summed E-state index contributed by atoms with van der Waals surface area (Å²) in [6.07, 6.45) is 8.49. The van der Waals surface area contributed by atoms with E-state index < -0.39 is 126 Å². The smallest absolute Gasteiger partial charge is 1.00 e. The van der Waals surface area contributed by atoms with Gasteiger partial charge in [0, 0.05) is 107 Å². The van der Waals surface area contributed by atoms with E-state index >= 15 is 9.59 Å². The van der Waals surface area contributed by atoms with Gasteiger partial charge in [0.2, 0.25) is 59.1 Å². The lowest BCUT2D eigenvalue weighted by molar-refractivity contribution is -0.142. The zero-order valence-electron chi connectivity index (χ0n) is 62.4. The molecule has 2 aliphatic rings. The number of aliphatic carboxylic acids is 2. The van der Waals surface area contributed by atoms with Crippen molar-refractivity contribution in [2.45, 2.75) is 166 Å². The number of halogens is 1. The molecule has 3 aromatic carbocycles. The summed E-state index contributed by atoms with van der Waals surface area (Å²) in [6.45, 7) is 7.66. The van der Waals surface area contributed by atoms with Crippen LogP contribution >= 0.6 is 0 Å². The van der Waals surface area contributed by atoms with Crippen molar-refractivity contribution < 1.29 is 102 Å². The van der Waals surface area contributed by atoms with Gasteiger partial charge in [-0.2, -0.15) is 0 Å². The van der Waals surface area contributed by atoms with Gasteiger partial charge >= 0.3 is 7.46 Å². The number of fused-ring (bicyclic) bond motifs is 1. The van der Waals surface area contributed by atoms with Crippen LogP contribution in [-0.2, 0) is 89.8 Å². The lowest BCUT2D eigenvalue weighted by Gasteiger charge is -2.30. The number of phenols is 1. The number of carbonyl (C=O) groups is 13. The second-order valence-corrected chi connectivity index (χ2v) is 25.9. The molecular weight excluding hydrogens is 1460 g/mol. The number of aromatic hydroxyl groups is 1. The molecule has 39 heteroatoms. The number of imidazole rings is 2. The van der Waals surface area contributed by atoms with Gasteiger partial charge in [-0.05, 0) is 86.3 Å². The average Bonchev–Trinajstić information content (AvgIpc) is 1.74. The molecule has 0 saturated carbocycles. The number of aliphatic hydroxyl groups excluding tert-OH is 1. The number of carbonyl (C=O) groups excluding carboxylic acids is 11. The van der Waals surface area contributed by atoms with Gasteiger partial charge < -0.3 is 117 Å². The molecule has 5 heterocycles. The molecule has 2 saturated heterocycles. The highest BCUT2D eigenvalue weighted by Crippen LogP contribution is 2.23. The molecule has 9 atom stereocenters. The van der Waals surface area contributed by atoms with Gasteiger partial charge in [-0.3, -0.25) is 67.7 Å². The summed E-state index contributed by atoms with van der Waals surface area (Å²) >= 11 is 0. The third-order valence-corrected chi connectivity index (χ3v) is 16.6. The van der Waals surface area contributed by atoms with Crippen LogP contribution in [0, 0.1) is 5.92 Å². The number of benzene rings is 3. The fourth-order valence-corrected chi connectivity index (χ4v) is 11.6. The van der Waals surface area contributed by atoms with Crippen LogP contribution in [0.5, 0.6) is 5.75 Å². The average molecular weight is 1560 g/mol. The zero-order valence-corrected chi connectivity index (χ0v) is 62.1. The van der Waals surface area contributed by atoms with Crippen molar-refractivity contribution in [1.82, 2.24) is 82.7 Å². The van der Waals surface area contributed by atoms with Gasteiger partial charge in [-0.25, -0.2) is 20.2 Å². The van der Waals surface area contributed by atoms with Crippen LogP contribution in [0.15, 0.2) is 115 Å². The highest BCUT2D eigenvalue weighted by Gasteiger charge is 2.40. The number of amides is 12. The Labute approximate surface area is 640 Å². The molecule has 0 unspecified atom stereocenters. The number of nitrogens with two attached hydrogens (primary N) is 3. The molecule has 8 rings (SSSR count). The number of aromatic amines is 2. The Morgan fingerprint density at radius 3 is 1.80 bits per heavy atom. The van der Waals surface area contributed by atoms with Crippen LogP contribution in [0.4, 0.5) is 4.79 Å². The number of primary amides is 1. The predicted octanol–water partition coefficient (Wildman–Crippen LogP) is -4.65. The first-order chi connectivity index (χ1) is 51.9. The van der Waals surface area contributed by atoms with Crippen molar-refractivity contribution in [3.63, 3.8) is 0 Å². The number of urea groups is 1. The first-order valence-electron chi connectivity index (χ1n) is 35.0. The van der Waals surface area contributed by atoms with Gasteiger partial charge in [0.1, 0.15) is 60.1 Å². The third kappa shape index (κ3) is 31.0. The minimum atomic E-state index is -1.79. The number of hydrogen-bond acceptors (Lipinski definition) is 19. The number of aliphatic hydroxyl groups is 1. The number of carboxylic acids is 2. The molecule has 0 radical (unpaired) electrons. The van der Waals surface area contributed by atoms with Gasteiger partial charge in [-0.1, -0.05) is 74.5 Å². The fraction of sp³-hybridized carbons (Fsp3) is 0.437. The first kappa shape index (κ1) is 90.2. The van der Waals surface area contributed by atoms with E-state index in [2.05, 4.69) is 78.5 Å². The second kappa shape index (κ2) is 46.1. The Kier molecular flexibility index (Phi) is 37.8. The summed E-state index contributed by atoms with van der Waals surface area (Å²) in [4.78, 5) is 189. The van der Waals surface area contributed by atoms with Crippen LogP contribution in [0.2, 0.25) is 0 Å². The molecule has 598 valence electrons. The molecule has 2 aliphatic heterocycles. The Bertz CT molecular complexity index is 4050. The maximum absolute atomic E-state index is 15.1. The number of likely N-dealkylation sites (N-methyl/N-ethyl adjacent to an activating group) is 1.